The number of methoxy groups -OCH3 is 1. The predicted molar refractivity (Wildman–Crippen MR) is 86.4 cm³/mol. The highest BCUT2D eigenvalue weighted by Gasteiger charge is 2.18. The molecule has 3 rings (SSSR count). The smallest absolute Gasteiger partial charge is 0.278 e. The van der Waals surface area contributed by atoms with Crippen LogP contribution in [0, 0.1) is 5.82 Å². The zero-order valence-electron chi connectivity index (χ0n) is 12.3. The van der Waals surface area contributed by atoms with E-state index in [0.717, 1.165) is 0 Å². The van der Waals surface area contributed by atoms with Crippen LogP contribution in [0.1, 0.15) is 10.5 Å². The maximum atomic E-state index is 13.5. The second-order valence-corrected chi connectivity index (χ2v) is 5.51. The minimum Gasteiger partial charge on any atom is -0.494 e. The molecular weight excluding hydrogens is 367 g/mol. The standard InChI is InChI=1S/C15H12BrFN4O2/c1-20(9-3-4-10(17)12(7-9)23-2)15(22)11-8-21-6-5-18-14(21)13(16)19-11/h3-8H,1-2H3. The highest BCUT2D eigenvalue weighted by Crippen LogP contribution is 2.25. The van der Waals surface area contributed by atoms with Crippen molar-refractivity contribution in [1.29, 1.82) is 0 Å². The molecule has 0 unspecified atom stereocenters. The van der Waals surface area contributed by atoms with Crippen molar-refractivity contribution in [2.45, 2.75) is 0 Å². The van der Waals surface area contributed by atoms with Crippen molar-refractivity contribution in [3.8, 4) is 5.75 Å². The van der Waals surface area contributed by atoms with Gasteiger partial charge in [-0.1, -0.05) is 0 Å². The molecule has 0 saturated heterocycles. The Morgan fingerprint density at radius 2 is 2.22 bits per heavy atom. The van der Waals surface area contributed by atoms with Crippen LogP contribution in [0.3, 0.4) is 0 Å². The number of rotatable bonds is 3. The Morgan fingerprint density at radius 3 is 2.96 bits per heavy atom. The van der Waals surface area contributed by atoms with Crippen LogP contribution in [0.5, 0.6) is 5.75 Å². The van der Waals surface area contributed by atoms with E-state index in [-0.39, 0.29) is 17.4 Å². The fraction of sp³-hybridized carbons (Fsp3) is 0.133. The number of hydrogen-bond acceptors (Lipinski definition) is 4. The molecule has 6 nitrogen and oxygen atoms in total. The Balaban J connectivity index is 1.97. The first kappa shape index (κ1) is 15.4. The molecule has 1 amide bonds. The molecule has 23 heavy (non-hydrogen) atoms. The van der Waals surface area contributed by atoms with Crippen LogP contribution in [-0.4, -0.2) is 34.4 Å². The molecule has 0 aliphatic heterocycles. The molecule has 2 aromatic heterocycles. The van der Waals surface area contributed by atoms with E-state index in [1.165, 1.54) is 30.2 Å². The number of benzene rings is 1. The average molecular weight is 379 g/mol. The van der Waals surface area contributed by atoms with E-state index < -0.39 is 5.82 Å². The lowest BCUT2D eigenvalue weighted by molar-refractivity contribution is 0.0987. The van der Waals surface area contributed by atoms with Gasteiger partial charge in [-0.2, -0.15) is 0 Å². The highest BCUT2D eigenvalue weighted by atomic mass is 79.9. The molecule has 0 N–H and O–H groups in total. The largest absolute Gasteiger partial charge is 0.494 e. The van der Waals surface area contributed by atoms with Gasteiger partial charge in [-0.15, -0.1) is 0 Å². The topological polar surface area (TPSA) is 59.7 Å². The molecule has 0 saturated carbocycles. The van der Waals surface area contributed by atoms with E-state index in [1.54, 1.807) is 30.0 Å². The normalized spacial score (nSPS) is 10.8. The fourth-order valence-corrected chi connectivity index (χ4v) is 2.64. The molecule has 0 aliphatic rings. The van der Waals surface area contributed by atoms with Crippen molar-refractivity contribution in [1.82, 2.24) is 14.4 Å². The van der Waals surface area contributed by atoms with Gasteiger partial charge in [0.2, 0.25) is 0 Å². The fourth-order valence-electron chi connectivity index (χ4n) is 2.14. The number of carbonyl (C=O) groups excluding carboxylic acids is 1. The molecule has 0 spiro atoms. The number of halogens is 2. The molecule has 1 aromatic carbocycles. The van der Waals surface area contributed by atoms with Gasteiger partial charge in [0.05, 0.1) is 7.11 Å². The van der Waals surface area contributed by atoms with E-state index >= 15 is 0 Å². The number of carbonyl (C=O) groups is 1. The lowest BCUT2D eigenvalue weighted by atomic mass is 10.2. The summed E-state index contributed by atoms with van der Waals surface area (Å²) in [5.41, 5.74) is 1.35. The van der Waals surface area contributed by atoms with Gasteiger partial charge in [-0.05, 0) is 28.1 Å². The summed E-state index contributed by atoms with van der Waals surface area (Å²) in [7, 11) is 2.96. The molecule has 0 bridgehead atoms. The summed E-state index contributed by atoms with van der Waals surface area (Å²) in [4.78, 5) is 22.3. The number of anilines is 1. The molecule has 0 aliphatic carbocycles. The summed E-state index contributed by atoms with van der Waals surface area (Å²) in [5.74, 6) is -0.755. The summed E-state index contributed by atoms with van der Waals surface area (Å²) in [6.45, 7) is 0. The van der Waals surface area contributed by atoms with Gasteiger partial charge in [-0.25, -0.2) is 14.4 Å². The zero-order valence-corrected chi connectivity index (χ0v) is 13.9. The minimum atomic E-state index is -0.488. The molecule has 2 heterocycles. The average Bonchev–Trinajstić information content (AvgIpc) is 3.03. The third-order valence-electron chi connectivity index (χ3n) is 3.38. The van der Waals surface area contributed by atoms with Crippen LogP contribution in [0.25, 0.3) is 5.65 Å². The van der Waals surface area contributed by atoms with E-state index in [4.69, 9.17) is 4.74 Å². The summed E-state index contributed by atoms with van der Waals surface area (Å²) >= 11 is 3.30. The van der Waals surface area contributed by atoms with Crippen molar-refractivity contribution < 1.29 is 13.9 Å². The van der Waals surface area contributed by atoms with Gasteiger partial charge in [0.25, 0.3) is 5.91 Å². The number of amides is 1. The number of hydrogen-bond donors (Lipinski definition) is 0. The quantitative estimate of drug-likeness (QED) is 0.702. The second kappa shape index (κ2) is 5.96. The lowest BCUT2D eigenvalue weighted by Crippen LogP contribution is -2.27. The maximum Gasteiger partial charge on any atom is 0.278 e. The van der Waals surface area contributed by atoms with Crippen LogP contribution in [0.4, 0.5) is 10.1 Å². The van der Waals surface area contributed by atoms with Crippen LogP contribution >= 0.6 is 15.9 Å². The summed E-state index contributed by atoms with van der Waals surface area (Å²) in [6.07, 6.45) is 4.93. The Morgan fingerprint density at radius 1 is 1.43 bits per heavy atom. The van der Waals surface area contributed by atoms with E-state index in [9.17, 15) is 9.18 Å². The van der Waals surface area contributed by atoms with Gasteiger partial charge in [-0.3, -0.25) is 4.79 Å². The third-order valence-corrected chi connectivity index (χ3v) is 3.91. The lowest BCUT2D eigenvalue weighted by Gasteiger charge is -2.18. The van der Waals surface area contributed by atoms with Crippen molar-refractivity contribution in [3.63, 3.8) is 0 Å². The molecule has 8 heteroatoms. The number of fused-ring (bicyclic) bond motifs is 1. The van der Waals surface area contributed by atoms with Crippen molar-refractivity contribution >= 4 is 33.2 Å². The number of ether oxygens (including phenoxy) is 1. The number of aromatic nitrogens is 3. The SMILES string of the molecule is COc1cc(N(C)C(=O)c2cn3ccnc3c(Br)n2)ccc1F. The first-order valence-corrected chi connectivity index (χ1v) is 7.41. The molecule has 0 radical (unpaired) electrons. The molecule has 0 atom stereocenters. The molecule has 118 valence electrons. The Bertz CT molecular complexity index is 896. The van der Waals surface area contributed by atoms with Crippen molar-refractivity contribution in [2.75, 3.05) is 19.1 Å². The number of nitrogens with zero attached hydrogens (tertiary/aromatic N) is 4. The van der Waals surface area contributed by atoms with Gasteiger partial charge < -0.3 is 14.0 Å². The number of imidazole rings is 1. The first-order chi connectivity index (χ1) is 11.0. The van der Waals surface area contributed by atoms with Crippen molar-refractivity contribution in [3.05, 3.63) is 52.9 Å². The summed E-state index contributed by atoms with van der Waals surface area (Å²) in [5, 5.41) is 0. The van der Waals surface area contributed by atoms with E-state index in [0.29, 0.717) is 15.9 Å². The molecule has 3 aromatic rings. The Hall–Kier alpha value is -2.48. The zero-order chi connectivity index (χ0) is 16.6. The summed E-state index contributed by atoms with van der Waals surface area (Å²) < 4.78 is 20.6. The van der Waals surface area contributed by atoms with Crippen LogP contribution in [0.2, 0.25) is 0 Å². The maximum absolute atomic E-state index is 13.5. The predicted octanol–water partition coefficient (Wildman–Crippen LogP) is 2.92. The first-order valence-electron chi connectivity index (χ1n) is 6.62. The van der Waals surface area contributed by atoms with Crippen LogP contribution in [0.15, 0.2) is 41.4 Å². The Labute approximate surface area is 139 Å². The van der Waals surface area contributed by atoms with E-state index in [2.05, 4.69) is 25.9 Å². The van der Waals surface area contributed by atoms with Gasteiger partial charge in [0.15, 0.2) is 17.2 Å². The van der Waals surface area contributed by atoms with Gasteiger partial charge in [0, 0.05) is 37.4 Å². The molecular formula is C15H12BrFN4O2. The van der Waals surface area contributed by atoms with Crippen molar-refractivity contribution in [2.24, 2.45) is 0 Å². The Kier molecular flexibility index (Phi) is 3.99. The van der Waals surface area contributed by atoms with E-state index in [1.807, 2.05) is 0 Å². The van der Waals surface area contributed by atoms with Crippen LogP contribution in [-0.2, 0) is 0 Å². The second-order valence-electron chi connectivity index (χ2n) is 4.76. The van der Waals surface area contributed by atoms with Gasteiger partial charge >= 0.3 is 0 Å². The van der Waals surface area contributed by atoms with Gasteiger partial charge in [0.1, 0.15) is 10.3 Å². The minimum absolute atomic E-state index is 0.0707. The third kappa shape index (κ3) is 2.77. The van der Waals surface area contributed by atoms with Crippen LogP contribution < -0.4 is 9.64 Å². The highest BCUT2D eigenvalue weighted by molar-refractivity contribution is 9.10. The molecule has 0 fully saturated rings. The summed E-state index contributed by atoms with van der Waals surface area (Å²) in [6, 6.07) is 4.21. The monoisotopic (exact) mass is 378 g/mol.